The molecule has 2 nitrogen and oxygen atoms in total. The van der Waals surface area contributed by atoms with Gasteiger partial charge in [-0.1, -0.05) is 0 Å². The third-order valence-electron chi connectivity index (χ3n) is 0. The van der Waals surface area contributed by atoms with Gasteiger partial charge in [0.2, 0.25) is 0 Å². The van der Waals surface area contributed by atoms with Gasteiger partial charge in [0, 0.05) is 0 Å². The van der Waals surface area contributed by atoms with Gasteiger partial charge in [0.25, 0.3) is 0 Å². The van der Waals surface area contributed by atoms with Gasteiger partial charge in [0.15, 0.2) is 0 Å². The minimum atomic E-state index is -0.0833. The summed E-state index contributed by atoms with van der Waals surface area (Å²) in [7, 11) is 2.25. The normalized spacial score (nSPS) is 4.43. The molecule has 0 fully saturated rings. The van der Waals surface area contributed by atoms with E-state index in [-0.39, 0.29) is 26.8 Å². The van der Waals surface area contributed by atoms with E-state index in [2.05, 4.69) is 14.0 Å². The van der Waals surface area contributed by atoms with Crippen LogP contribution in [0, 0.1) is 14.0 Å². The molecule has 3 heteroatoms. The maximum absolute atomic E-state index is 9.33. The van der Waals surface area contributed by atoms with E-state index in [1.54, 1.807) is 0 Å². The molecule has 0 heterocycles. The number of hydrogen-bond donors (Lipinski definition) is 1. The standard InChI is InChI=1S/C3H5O.CH3O.W/c1-3(2)4;1-2;/h1H2,2H3;2H,1H2;/q2*-1;+2. The predicted octanol–water partition coefficient (Wildman–Crippen LogP) is 0.557. The van der Waals surface area contributed by atoms with Crippen LogP contribution >= 0.6 is 0 Å². The summed E-state index contributed by atoms with van der Waals surface area (Å²) in [4.78, 5) is 9.33. The molecule has 0 bridgehead atoms. The van der Waals surface area contributed by atoms with Crippen molar-refractivity contribution in [1.29, 1.82) is 0 Å². The van der Waals surface area contributed by atoms with Crippen molar-refractivity contribution >= 4 is 5.78 Å². The summed E-state index contributed by atoms with van der Waals surface area (Å²) in [5.41, 5.74) is 0. The number of carbonyl (C=O) groups is 1. The summed E-state index contributed by atoms with van der Waals surface area (Å²) in [6.07, 6.45) is 0. The fourth-order valence-electron chi connectivity index (χ4n) is 0. The molecule has 0 aromatic heterocycles. The van der Waals surface area contributed by atoms with Crippen molar-refractivity contribution in [2.75, 3.05) is 0 Å². The first-order valence-corrected chi connectivity index (χ1v) is 1.37. The molecule has 0 aliphatic heterocycles. The monoisotopic (exact) mass is 272 g/mol. The zero-order chi connectivity index (χ0) is 5.58. The van der Waals surface area contributed by atoms with Crippen molar-refractivity contribution in [3.8, 4) is 0 Å². The van der Waals surface area contributed by atoms with E-state index >= 15 is 0 Å². The Kier molecular flexibility index (Phi) is 36.7. The molecule has 0 saturated carbocycles. The number of aliphatic hydroxyl groups excluding tert-OH is 1. The molecule has 7 heavy (non-hydrogen) atoms. The van der Waals surface area contributed by atoms with Gasteiger partial charge in [0.1, 0.15) is 0 Å². The summed E-state index contributed by atoms with van der Waals surface area (Å²) >= 11 is 0. The second kappa shape index (κ2) is 16.4. The van der Waals surface area contributed by atoms with Crippen LogP contribution in [0.2, 0.25) is 0 Å². The molecule has 0 rings (SSSR count). The van der Waals surface area contributed by atoms with E-state index in [0.29, 0.717) is 0 Å². The number of aliphatic hydroxyl groups is 1. The number of ketones is 1. The Labute approximate surface area is 58.2 Å². The van der Waals surface area contributed by atoms with Gasteiger partial charge in [-0.2, -0.15) is 0 Å². The number of carbonyl (C=O) groups excluding carboxylic acids is 1. The van der Waals surface area contributed by atoms with Crippen LogP contribution in [-0.4, -0.2) is 10.9 Å². The van der Waals surface area contributed by atoms with Gasteiger partial charge in [-0.15, -0.1) is 0 Å². The van der Waals surface area contributed by atoms with E-state index in [0.717, 1.165) is 0 Å². The Morgan fingerprint density at radius 1 is 1.57 bits per heavy atom. The molecule has 0 aromatic rings. The molecule has 1 N–H and O–H groups in total. The molecule has 0 radical (unpaired) electrons. The molecule has 0 unspecified atom stereocenters. The minimum Gasteiger partial charge on any atom is -0.569 e. The van der Waals surface area contributed by atoms with Crippen molar-refractivity contribution < 1.29 is 31.0 Å². The fourth-order valence-corrected chi connectivity index (χ4v) is 0. The van der Waals surface area contributed by atoms with Crippen LogP contribution in [0.1, 0.15) is 6.92 Å². The average Bonchev–Trinajstić information content (AvgIpc) is 1.41. The molecule has 0 aliphatic rings. The van der Waals surface area contributed by atoms with E-state index in [1.807, 2.05) is 0 Å². The van der Waals surface area contributed by atoms with Crippen LogP contribution in [0.5, 0.6) is 0 Å². The Balaban J connectivity index is -0.0000000480. The van der Waals surface area contributed by atoms with Gasteiger partial charge in [-0.05, 0) is 12.7 Å². The molecule has 0 aromatic carbocycles. The van der Waals surface area contributed by atoms with Crippen LogP contribution in [-0.2, 0) is 25.9 Å². The van der Waals surface area contributed by atoms with Crippen molar-refractivity contribution in [1.82, 2.24) is 0 Å². The average molecular weight is 272 g/mol. The Hall–Kier alpha value is 0.188. The van der Waals surface area contributed by atoms with E-state index in [9.17, 15) is 4.79 Å². The second-order valence-corrected chi connectivity index (χ2v) is 0.702. The maximum atomic E-state index is 9.33. The zero-order valence-corrected chi connectivity index (χ0v) is 7.11. The fraction of sp³-hybridized carbons (Fsp3) is 0.250. The van der Waals surface area contributed by atoms with Crippen LogP contribution < -0.4 is 0 Å². The molecule has 42 valence electrons. The van der Waals surface area contributed by atoms with Gasteiger partial charge >= 0.3 is 21.1 Å². The first-order chi connectivity index (χ1) is 2.73. The number of hydrogen-bond acceptors (Lipinski definition) is 2. The van der Waals surface area contributed by atoms with Crippen molar-refractivity contribution in [3.63, 3.8) is 0 Å². The van der Waals surface area contributed by atoms with Gasteiger partial charge < -0.3 is 16.8 Å². The SMILES string of the molecule is [CH2-]C(C)=O.[CH2-]O.[W+2]. The van der Waals surface area contributed by atoms with E-state index in [4.69, 9.17) is 5.11 Å². The Morgan fingerprint density at radius 2 is 1.57 bits per heavy atom. The zero-order valence-electron chi connectivity index (χ0n) is 4.18. The molecular weight excluding hydrogens is 264 g/mol. The molecule has 0 saturated heterocycles. The Morgan fingerprint density at radius 3 is 1.57 bits per heavy atom. The summed E-state index contributed by atoms with van der Waals surface area (Å²) < 4.78 is 0. The van der Waals surface area contributed by atoms with Gasteiger partial charge in [0.05, 0.1) is 0 Å². The first kappa shape index (κ1) is 15.7. The molecular formula is C4H8O2W. The van der Waals surface area contributed by atoms with Gasteiger partial charge in [-0.3, -0.25) is 0 Å². The maximum Gasteiger partial charge on any atom is 2.00 e. The third kappa shape index (κ3) is 3060. The molecule has 0 amide bonds. The van der Waals surface area contributed by atoms with Crippen molar-refractivity contribution in [3.05, 3.63) is 14.0 Å². The molecule has 0 atom stereocenters. The second-order valence-electron chi connectivity index (χ2n) is 0.702. The first-order valence-electron chi connectivity index (χ1n) is 1.37. The van der Waals surface area contributed by atoms with Crippen LogP contribution in [0.25, 0.3) is 0 Å². The Bertz CT molecular complexity index is 32.7. The van der Waals surface area contributed by atoms with Gasteiger partial charge in [-0.25, -0.2) is 7.11 Å². The van der Waals surface area contributed by atoms with Crippen molar-refractivity contribution in [2.45, 2.75) is 6.92 Å². The number of Topliss-reactive ketones (excluding diaryl/α,β-unsaturated/α-hetero) is 1. The van der Waals surface area contributed by atoms with Crippen LogP contribution in [0.15, 0.2) is 0 Å². The van der Waals surface area contributed by atoms with E-state index in [1.165, 1.54) is 6.92 Å². The largest absolute Gasteiger partial charge is 2.00 e. The summed E-state index contributed by atoms with van der Waals surface area (Å²) in [5.74, 6) is -0.0833. The van der Waals surface area contributed by atoms with Crippen LogP contribution in [0.4, 0.5) is 0 Å². The predicted molar refractivity (Wildman–Crippen MR) is 23.3 cm³/mol. The summed E-state index contributed by atoms with van der Waals surface area (Å²) in [5, 5.41) is 6.75. The topological polar surface area (TPSA) is 37.3 Å². The molecule has 0 spiro atoms. The van der Waals surface area contributed by atoms with Crippen LogP contribution in [0.3, 0.4) is 0 Å². The van der Waals surface area contributed by atoms with E-state index < -0.39 is 0 Å². The summed E-state index contributed by atoms with van der Waals surface area (Å²) in [6.45, 7) is 4.42. The third-order valence-corrected chi connectivity index (χ3v) is 0. The number of rotatable bonds is 0. The quantitative estimate of drug-likeness (QED) is 0.654. The van der Waals surface area contributed by atoms with Crippen molar-refractivity contribution in [2.24, 2.45) is 0 Å². The molecule has 0 aliphatic carbocycles. The summed E-state index contributed by atoms with van der Waals surface area (Å²) in [6, 6.07) is 0. The minimum absolute atomic E-state index is 0. The smallest absolute Gasteiger partial charge is 0.569 e.